The molecule has 1 heterocycles. The second kappa shape index (κ2) is 8.39. The Hall–Kier alpha value is -2.01. The normalized spacial score (nSPS) is 14.7. The number of para-hydroxylation sites is 2. The maximum absolute atomic E-state index is 12.3. The van der Waals surface area contributed by atoms with Gasteiger partial charge in [-0.1, -0.05) is 47.5 Å². The molecule has 1 saturated heterocycles. The van der Waals surface area contributed by atoms with Crippen molar-refractivity contribution in [2.75, 3.05) is 36.5 Å². The molecular weight excluding hydrogens is 359 g/mol. The van der Waals surface area contributed by atoms with Crippen LogP contribution in [0.25, 0.3) is 6.08 Å². The Morgan fingerprint density at radius 2 is 1.84 bits per heavy atom. The predicted molar refractivity (Wildman–Crippen MR) is 104 cm³/mol. The van der Waals surface area contributed by atoms with Crippen molar-refractivity contribution in [3.63, 3.8) is 0 Å². The molecule has 3 rings (SSSR count). The fraction of sp³-hybridized carbons (Fsp3) is 0.211. The van der Waals surface area contributed by atoms with Crippen LogP contribution in [0.5, 0.6) is 0 Å². The van der Waals surface area contributed by atoms with Crippen LogP contribution in [0.15, 0.2) is 48.5 Å². The topological polar surface area (TPSA) is 41.6 Å². The molecule has 1 amide bonds. The molecule has 1 aliphatic rings. The summed E-state index contributed by atoms with van der Waals surface area (Å²) in [5.74, 6) is -0.225. The minimum absolute atomic E-state index is 0.225. The van der Waals surface area contributed by atoms with Crippen LogP contribution in [0.2, 0.25) is 10.0 Å². The van der Waals surface area contributed by atoms with E-state index < -0.39 is 0 Å². The van der Waals surface area contributed by atoms with Gasteiger partial charge in [0.1, 0.15) is 0 Å². The first-order valence-electron chi connectivity index (χ1n) is 8.00. The summed E-state index contributed by atoms with van der Waals surface area (Å²) in [5, 5.41) is 3.82. The fourth-order valence-electron chi connectivity index (χ4n) is 2.65. The lowest BCUT2D eigenvalue weighted by Crippen LogP contribution is -2.36. The molecule has 0 unspecified atom stereocenters. The molecular formula is C19H18Cl2N2O2. The van der Waals surface area contributed by atoms with Crippen molar-refractivity contribution in [1.82, 2.24) is 0 Å². The number of morpholine rings is 1. The van der Waals surface area contributed by atoms with Crippen LogP contribution in [0.4, 0.5) is 11.4 Å². The zero-order chi connectivity index (χ0) is 17.6. The van der Waals surface area contributed by atoms with Crippen LogP contribution in [0.1, 0.15) is 5.56 Å². The predicted octanol–water partition coefficient (Wildman–Crippen LogP) is 4.48. The molecule has 0 spiro atoms. The molecule has 6 heteroatoms. The number of benzene rings is 2. The molecule has 25 heavy (non-hydrogen) atoms. The number of nitrogens with one attached hydrogen (secondary N) is 1. The zero-order valence-electron chi connectivity index (χ0n) is 13.5. The molecule has 1 aliphatic heterocycles. The third-order valence-corrected chi connectivity index (χ3v) is 4.74. The van der Waals surface area contributed by atoms with Gasteiger partial charge in [0, 0.05) is 19.2 Å². The van der Waals surface area contributed by atoms with Crippen LogP contribution < -0.4 is 10.2 Å². The van der Waals surface area contributed by atoms with Crippen molar-refractivity contribution in [2.45, 2.75) is 0 Å². The number of anilines is 2. The summed E-state index contributed by atoms with van der Waals surface area (Å²) in [6, 6.07) is 13.1. The Morgan fingerprint density at radius 1 is 1.08 bits per heavy atom. The SMILES string of the molecule is O=C(/C=C/c1cccc(Cl)c1Cl)Nc1ccccc1N1CCOCC1. The Morgan fingerprint density at radius 3 is 2.64 bits per heavy atom. The summed E-state index contributed by atoms with van der Waals surface area (Å²) in [4.78, 5) is 14.5. The minimum Gasteiger partial charge on any atom is -0.378 e. The summed E-state index contributed by atoms with van der Waals surface area (Å²) in [6.07, 6.45) is 3.11. The van der Waals surface area contributed by atoms with Gasteiger partial charge in [0.25, 0.3) is 0 Å². The highest BCUT2D eigenvalue weighted by atomic mass is 35.5. The van der Waals surface area contributed by atoms with Crippen LogP contribution in [-0.4, -0.2) is 32.2 Å². The number of halogens is 2. The number of ether oxygens (including phenoxy) is 1. The van der Waals surface area contributed by atoms with Gasteiger partial charge in [0.05, 0.1) is 34.6 Å². The molecule has 0 saturated carbocycles. The number of hydrogen-bond acceptors (Lipinski definition) is 3. The summed E-state index contributed by atoms with van der Waals surface area (Å²) >= 11 is 12.1. The summed E-state index contributed by atoms with van der Waals surface area (Å²) in [7, 11) is 0. The molecule has 1 fully saturated rings. The Balaban J connectivity index is 1.73. The fourth-order valence-corrected chi connectivity index (χ4v) is 3.02. The third-order valence-electron chi connectivity index (χ3n) is 3.91. The largest absolute Gasteiger partial charge is 0.378 e. The van der Waals surface area contributed by atoms with E-state index in [4.69, 9.17) is 27.9 Å². The molecule has 4 nitrogen and oxygen atoms in total. The van der Waals surface area contributed by atoms with E-state index >= 15 is 0 Å². The van der Waals surface area contributed by atoms with Gasteiger partial charge < -0.3 is 15.0 Å². The Kier molecular flexibility index (Phi) is 5.97. The number of carbonyl (C=O) groups excluding carboxylic acids is 1. The lowest BCUT2D eigenvalue weighted by Gasteiger charge is -2.30. The van der Waals surface area contributed by atoms with Crippen LogP contribution in [0, 0.1) is 0 Å². The monoisotopic (exact) mass is 376 g/mol. The number of amides is 1. The molecule has 0 radical (unpaired) electrons. The second-order valence-electron chi connectivity index (χ2n) is 5.58. The molecule has 0 bridgehead atoms. The van der Waals surface area contributed by atoms with Gasteiger partial charge in [-0.15, -0.1) is 0 Å². The first-order valence-corrected chi connectivity index (χ1v) is 8.75. The van der Waals surface area contributed by atoms with Crippen molar-refractivity contribution in [3.8, 4) is 0 Å². The van der Waals surface area contributed by atoms with Gasteiger partial charge >= 0.3 is 0 Å². The number of hydrogen-bond donors (Lipinski definition) is 1. The molecule has 2 aromatic rings. The van der Waals surface area contributed by atoms with Crippen LogP contribution in [-0.2, 0) is 9.53 Å². The van der Waals surface area contributed by atoms with E-state index in [0.717, 1.165) is 24.5 Å². The van der Waals surface area contributed by atoms with Gasteiger partial charge in [-0.25, -0.2) is 0 Å². The van der Waals surface area contributed by atoms with Crippen LogP contribution in [0.3, 0.4) is 0 Å². The van der Waals surface area contributed by atoms with Crippen molar-refractivity contribution in [3.05, 3.63) is 64.1 Å². The van der Waals surface area contributed by atoms with Crippen molar-refractivity contribution in [1.29, 1.82) is 0 Å². The number of nitrogens with zero attached hydrogens (tertiary/aromatic N) is 1. The average molecular weight is 377 g/mol. The van der Waals surface area contributed by atoms with E-state index in [0.29, 0.717) is 28.8 Å². The molecule has 1 N–H and O–H groups in total. The van der Waals surface area contributed by atoms with E-state index in [1.807, 2.05) is 24.3 Å². The van der Waals surface area contributed by atoms with E-state index in [-0.39, 0.29) is 5.91 Å². The highest BCUT2D eigenvalue weighted by Gasteiger charge is 2.15. The molecule has 0 aliphatic carbocycles. The summed E-state index contributed by atoms with van der Waals surface area (Å²) in [6.45, 7) is 2.99. The smallest absolute Gasteiger partial charge is 0.248 e. The lowest BCUT2D eigenvalue weighted by molar-refractivity contribution is -0.111. The van der Waals surface area contributed by atoms with Gasteiger partial charge in [0.2, 0.25) is 5.91 Å². The number of carbonyl (C=O) groups is 1. The average Bonchev–Trinajstić information content (AvgIpc) is 2.64. The van der Waals surface area contributed by atoms with E-state index in [1.165, 1.54) is 6.08 Å². The second-order valence-corrected chi connectivity index (χ2v) is 6.37. The van der Waals surface area contributed by atoms with Crippen molar-refractivity contribution in [2.24, 2.45) is 0 Å². The first kappa shape index (κ1) is 17.8. The molecule has 0 atom stereocenters. The number of rotatable bonds is 4. The Bertz CT molecular complexity index is 787. The zero-order valence-corrected chi connectivity index (χ0v) is 15.1. The third kappa shape index (κ3) is 4.54. The highest BCUT2D eigenvalue weighted by Crippen LogP contribution is 2.28. The quantitative estimate of drug-likeness (QED) is 0.799. The summed E-state index contributed by atoms with van der Waals surface area (Å²) in [5.41, 5.74) is 2.47. The molecule has 130 valence electrons. The summed E-state index contributed by atoms with van der Waals surface area (Å²) < 4.78 is 5.39. The van der Waals surface area contributed by atoms with E-state index in [1.54, 1.807) is 24.3 Å². The van der Waals surface area contributed by atoms with Gasteiger partial charge in [0.15, 0.2) is 0 Å². The molecule has 0 aromatic heterocycles. The maximum atomic E-state index is 12.3. The van der Waals surface area contributed by atoms with Gasteiger partial charge in [-0.2, -0.15) is 0 Å². The van der Waals surface area contributed by atoms with Crippen molar-refractivity contribution >= 4 is 46.6 Å². The maximum Gasteiger partial charge on any atom is 0.248 e. The highest BCUT2D eigenvalue weighted by molar-refractivity contribution is 6.42. The van der Waals surface area contributed by atoms with Crippen LogP contribution >= 0.6 is 23.2 Å². The van der Waals surface area contributed by atoms with Crippen molar-refractivity contribution < 1.29 is 9.53 Å². The van der Waals surface area contributed by atoms with E-state index in [2.05, 4.69) is 10.2 Å². The Labute approximate surface area is 157 Å². The molecule has 2 aromatic carbocycles. The van der Waals surface area contributed by atoms with Gasteiger partial charge in [-0.3, -0.25) is 4.79 Å². The lowest BCUT2D eigenvalue weighted by atomic mass is 10.2. The first-order chi connectivity index (χ1) is 12.1. The van der Waals surface area contributed by atoms with Gasteiger partial charge in [-0.05, 0) is 29.8 Å². The van der Waals surface area contributed by atoms with E-state index in [9.17, 15) is 4.79 Å². The standard InChI is InChI=1S/C19H18Cl2N2O2/c20-15-5-3-4-14(19(15)21)8-9-18(24)22-16-6-1-2-7-17(16)23-10-12-25-13-11-23/h1-9H,10-13H2,(H,22,24)/b9-8+. The minimum atomic E-state index is -0.225.